The summed E-state index contributed by atoms with van der Waals surface area (Å²) in [7, 11) is 0. The molecule has 0 aliphatic rings. The van der Waals surface area contributed by atoms with Crippen molar-refractivity contribution in [2.45, 2.75) is 11.5 Å². The fraction of sp³-hybridized carbons (Fsp3) is 0.143. The molecule has 0 bridgehead atoms. The van der Waals surface area contributed by atoms with Crippen LogP contribution in [0, 0.1) is 0 Å². The van der Waals surface area contributed by atoms with E-state index in [1.807, 2.05) is 48.5 Å². The van der Waals surface area contributed by atoms with Crippen molar-refractivity contribution in [1.82, 2.24) is 0 Å². The predicted octanol–water partition coefficient (Wildman–Crippen LogP) is 4.66. The highest BCUT2D eigenvalue weighted by Gasteiger charge is 2.12. The molecule has 0 saturated carbocycles. The molecule has 0 N–H and O–H groups in total. The van der Waals surface area contributed by atoms with E-state index in [0.717, 1.165) is 20.1 Å². The van der Waals surface area contributed by atoms with E-state index in [0.29, 0.717) is 11.5 Å². The van der Waals surface area contributed by atoms with Gasteiger partial charge in [-0.25, -0.2) is 0 Å². The van der Waals surface area contributed by atoms with Gasteiger partial charge in [0.05, 0.1) is 0 Å². The largest absolute Gasteiger partial charge is 0.616 e. The van der Waals surface area contributed by atoms with E-state index in [-0.39, 0.29) is 0 Å². The Morgan fingerprint density at radius 3 is 1.56 bits per heavy atom. The maximum absolute atomic E-state index is 12.2. The molecule has 0 heterocycles. The minimum atomic E-state index is -0.903. The average Bonchev–Trinajstić information content (AvgIpc) is 2.35. The summed E-state index contributed by atoms with van der Waals surface area (Å²) >= 11 is 6.06. The summed E-state index contributed by atoms with van der Waals surface area (Å²) in [4.78, 5) is 0. The first kappa shape index (κ1) is 14.1. The van der Waals surface area contributed by atoms with Crippen LogP contribution in [0.3, 0.4) is 0 Å². The van der Waals surface area contributed by atoms with E-state index in [1.165, 1.54) is 0 Å². The van der Waals surface area contributed by atoms with Crippen molar-refractivity contribution in [3.05, 3.63) is 68.6 Å². The van der Waals surface area contributed by atoms with Crippen LogP contribution >= 0.6 is 31.9 Å². The molecule has 2 aromatic carbocycles. The smallest absolute Gasteiger partial charge is 0.132 e. The van der Waals surface area contributed by atoms with E-state index in [2.05, 4.69) is 31.9 Å². The molecule has 0 unspecified atom stereocenters. The van der Waals surface area contributed by atoms with E-state index >= 15 is 0 Å². The van der Waals surface area contributed by atoms with Crippen LogP contribution in [-0.4, -0.2) is 4.55 Å². The van der Waals surface area contributed by atoms with Crippen molar-refractivity contribution in [3.63, 3.8) is 0 Å². The first-order valence-electron chi connectivity index (χ1n) is 5.48. The van der Waals surface area contributed by atoms with Gasteiger partial charge >= 0.3 is 0 Å². The van der Waals surface area contributed by atoms with Gasteiger partial charge in [-0.2, -0.15) is 0 Å². The number of hydrogen-bond donors (Lipinski definition) is 0. The molecule has 0 saturated heterocycles. The van der Waals surface area contributed by atoms with Gasteiger partial charge in [0.15, 0.2) is 0 Å². The van der Waals surface area contributed by atoms with Crippen molar-refractivity contribution >= 4 is 43.0 Å². The number of benzene rings is 2. The van der Waals surface area contributed by atoms with E-state index in [9.17, 15) is 4.55 Å². The minimum absolute atomic E-state index is 0.572. The molecule has 18 heavy (non-hydrogen) atoms. The Morgan fingerprint density at radius 2 is 1.17 bits per heavy atom. The van der Waals surface area contributed by atoms with Gasteiger partial charge in [0, 0.05) is 20.1 Å². The van der Waals surface area contributed by atoms with Crippen molar-refractivity contribution in [3.8, 4) is 0 Å². The SMILES string of the molecule is [O-][S+](Cc1ccccc1Br)Cc1ccccc1Br. The summed E-state index contributed by atoms with van der Waals surface area (Å²) in [6, 6.07) is 15.8. The van der Waals surface area contributed by atoms with Crippen molar-refractivity contribution in [2.75, 3.05) is 0 Å². The minimum Gasteiger partial charge on any atom is -0.616 e. The Labute approximate surface area is 127 Å². The van der Waals surface area contributed by atoms with Crippen molar-refractivity contribution in [2.24, 2.45) is 0 Å². The highest BCUT2D eigenvalue weighted by Crippen LogP contribution is 2.23. The van der Waals surface area contributed by atoms with Crippen LogP contribution in [0.1, 0.15) is 11.1 Å². The van der Waals surface area contributed by atoms with Gasteiger partial charge in [-0.1, -0.05) is 68.3 Å². The van der Waals surface area contributed by atoms with Gasteiger partial charge < -0.3 is 4.55 Å². The summed E-state index contributed by atoms with van der Waals surface area (Å²) in [5, 5.41) is 0. The fourth-order valence-electron chi connectivity index (χ4n) is 1.63. The predicted molar refractivity (Wildman–Crippen MR) is 83.8 cm³/mol. The normalized spacial score (nSPS) is 10.9. The second kappa shape index (κ2) is 6.75. The molecule has 4 heteroatoms. The lowest BCUT2D eigenvalue weighted by Crippen LogP contribution is -2.08. The Kier molecular flexibility index (Phi) is 5.30. The lowest BCUT2D eigenvalue weighted by atomic mass is 10.2. The molecule has 94 valence electrons. The number of halogens is 2. The molecule has 0 radical (unpaired) electrons. The Bertz CT molecular complexity index is 483. The topological polar surface area (TPSA) is 23.1 Å². The zero-order valence-electron chi connectivity index (χ0n) is 9.61. The highest BCUT2D eigenvalue weighted by molar-refractivity contribution is 9.10. The lowest BCUT2D eigenvalue weighted by molar-refractivity contribution is 0.593. The molecule has 0 fully saturated rings. The monoisotopic (exact) mass is 386 g/mol. The lowest BCUT2D eigenvalue weighted by Gasteiger charge is -2.13. The van der Waals surface area contributed by atoms with Gasteiger partial charge in [0.1, 0.15) is 11.5 Å². The molecule has 0 aliphatic heterocycles. The maximum atomic E-state index is 12.2. The van der Waals surface area contributed by atoms with Crippen LogP contribution in [0.15, 0.2) is 57.5 Å². The maximum Gasteiger partial charge on any atom is 0.132 e. The molecule has 2 aromatic rings. The highest BCUT2D eigenvalue weighted by atomic mass is 79.9. The Balaban J connectivity index is 2.04. The van der Waals surface area contributed by atoms with Gasteiger partial charge in [-0.05, 0) is 23.3 Å². The Morgan fingerprint density at radius 1 is 0.778 bits per heavy atom. The third-order valence-electron chi connectivity index (χ3n) is 2.55. The van der Waals surface area contributed by atoms with Crippen LogP contribution in [0.2, 0.25) is 0 Å². The number of rotatable bonds is 4. The molecule has 0 aliphatic carbocycles. The molecule has 1 nitrogen and oxygen atoms in total. The number of hydrogen-bond acceptors (Lipinski definition) is 1. The summed E-state index contributed by atoms with van der Waals surface area (Å²) in [6.45, 7) is 0. The molecular weight excluding hydrogens is 376 g/mol. The molecule has 0 amide bonds. The molecular formula is C14H12Br2OS. The molecule has 0 spiro atoms. The van der Waals surface area contributed by atoms with E-state index in [1.54, 1.807) is 0 Å². The zero-order valence-corrected chi connectivity index (χ0v) is 13.6. The fourth-order valence-corrected chi connectivity index (χ4v) is 4.15. The summed E-state index contributed by atoms with van der Waals surface area (Å²) in [5.41, 5.74) is 2.17. The third kappa shape index (κ3) is 3.85. The molecule has 0 aromatic heterocycles. The van der Waals surface area contributed by atoms with E-state index < -0.39 is 11.2 Å². The van der Waals surface area contributed by atoms with Gasteiger partial charge in [0.25, 0.3) is 0 Å². The van der Waals surface area contributed by atoms with Crippen molar-refractivity contribution in [1.29, 1.82) is 0 Å². The zero-order chi connectivity index (χ0) is 13.0. The summed E-state index contributed by atoms with van der Waals surface area (Å²) in [6.07, 6.45) is 0. The van der Waals surface area contributed by atoms with Crippen LogP contribution < -0.4 is 0 Å². The first-order valence-corrected chi connectivity index (χ1v) is 8.56. The quantitative estimate of drug-likeness (QED) is 0.699. The van der Waals surface area contributed by atoms with Crippen LogP contribution in [0.5, 0.6) is 0 Å². The van der Waals surface area contributed by atoms with E-state index in [4.69, 9.17) is 0 Å². The summed E-state index contributed by atoms with van der Waals surface area (Å²) in [5.74, 6) is 1.14. The molecule has 2 rings (SSSR count). The van der Waals surface area contributed by atoms with Crippen molar-refractivity contribution < 1.29 is 4.55 Å². The average molecular weight is 388 g/mol. The summed E-state index contributed by atoms with van der Waals surface area (Å²) < 4.78 is 14.2. The third-order valence-corrected chi connectivity index (χ3v) is 5.36. The Hall–Kier alpha value is -0.290. The second-order valence-corrected chi connectivity index (χ2v) is 7.08. The standard InChI is InChI=1S/C14H12Br2OS/c15-13-7-3-1-5-11(13)9-18(17)10-12-6-2-4-8-14(12)16/h1-8H,9-10H2. The van der Waals surface area contributed by atoms with Crippen LogP contribution in [-0.2, 0) is 22.7 Å². The van der Waals surface area contributed by atoms with Crippen LogP contribution in [0.25, 0.3) is 0 Å². The van der Waals surface area contributed by atoms with Gasteiger partial charge in [-0.15, -0.1) is 0 Å². The first-order chi connectivity index (χ1) is 8.66. The van der Waals surface area contributed by atoms with Gasteiger partial charge in [0.2, 0.25) is 0 Å². The van der Waals surface area contributed by atoms with Crippen LogP contribution in [0.4, 0.5) is 0 Å². The molecule has 0 atom stereocenters. The van der Waals surface area contributed by atoms with Gasteiger partial charge in [-0.3, -0.25) is 0 Å². The second-order valence-electron chi connectivity index (χ2n) is 3.91.